The van der Waals surface area contributed by atoms with E-state index in [0.717, 1.165) is 18.6 Å². The van der Waals surface area contributed by atoms with Crippen LogP contribution in [-0.4, -0.2) is 11.5 Å². The summed E-state index contributed by atoms with van der Waals surface area (Å²) in [5.41, 5.74) is 0. The number of carbonyl (C=O) groups excluding carboxylic acids is 1. The van der Waals surface area contributed by atoms with Crippen LogP contribution in [-0.2, 0) is 4.79 Å². The number of halogens is 1. The fourth-order valence-electron chi connectivity index (χ4n) is 1.22. The highest BCUT2D eigenvalue weighted by atomic mass is 32.2. The lowest BCUT2D eigenvalue weighted by atomic mass is 10.2. The Morgan fingerprint density at radius 1 is 1.33 bits per heavy atom. The standard InChI is InChI=1S/C12H15FOS/c1-10(14)6-4-5-9-15-12-8-3-2-7-11(12)13/h2-3,7-8H,4-6,9H2,1H3. The second-order valence-corrected chi connectivity index (χ2v) is 4.57. The second-order valence-electron chi connectivity index (χ2n) is 3.44. The van der Waals surface area contributed by atoms with E-state index < -0.39 is 0 Å². The number of hydrogen-bond donors (Lipinski definition) is 0. The van der Waals surface area contributed by atoms with E-state index >= 15 is 0 Å². The molecule has 0 bridgehead atoms. The van der Waals surface area contributed by atoms with E-state index in [-0.39, 0.29) is 11.6 Å². The van der Waals surface area contributed by atoms with E-state index in [1.165, 1.54) is 17.8 Å². The average molecular weight is 226 g/mol. The van der Waals surface area contributed by atoms with Gasteiger partial charge >= 0.3 is 0 Å². The van der Waals surface area contributed by atoms with Crippen molar-refractivity contribution in [1.82, 2.24) is 0 Å². The Kier molecular flexibility index (Phi) is 5.40. The third-order valence-corrected chi connectivity index (χ3v) is 3.15. The maximum Gasteiger partial charge on any atom is 0.136 e. The van der Waals surface area contributed by atoms with Gasteiger partial charge in [-0.25, -0.2) is 4.39 Å². The number of hydrogen-bond acceptors (Lipinski definition) is 2. The lowest BCUT2D eigenvalue weighted by Gasteiger charge is -2.02. The molecule has 0 aromatic heterocycles. The van der Waals surface area contributed by atoms with Crippen molar-refractivity contribution >= 4 is 17.5 Å². The molecule has 0 atom stereocenters. The lowest BCUT2D eigenvalue weighted by molar-refractivity contribution is -0.117. The van der Waals surface area contributed by atoms with Crippen molar-refractivity contribution in [3.05, 3.63) is 30.1 Å². The van der Waals surface area contributed by atoms with Gasteiger partial charge in [0.2, 0.25) is 0 Å². The van der Waals surface area contributed by atoms with Crippen molar-refractivity contribution in [2.24, 2.45) is 0 Å². The fourth-order valence-corrected chi connectivity index (χ4v) is 2.17. The van der Waals surface area contributed by atoms with Crippen LogP contribution in [0.25, 0.3) is 0 Å². The molecule has 0 amide bonds. The summed E-state index contributed by atoms with van der Waals surface area (Å²) in [6, 6.07) is 6.78. The third-order valence-electron chi connectivity index (χ3n) is 2.02. The molecule has 3 heteroatoms. The maximum atomic E-state index is 13.2. The molecule has 1 rings (SSSR count). The molecular weight excluding hydrogens is 211 g/mol. The maximum absolute atomic E-state index is 13.2. The first kappa shape index (κ1) is 12.2. The first-order valence-corrected chi connectivity index (χ1v) is 6.05. The summed E-state index contributed by atoms with van der Waals surface area (Å²) in [4.78, 5) is 11.4. The average Bonchev–Trinajstić information content (AvgIpc) is 2.20. The van der Waals surface area contributed by atoms with Gasteiger partial charge in [-0.2, -0.15) is 0 Å². The minimum absolute atomic E-state index is 0.158. The summed E-state index contributed by atoms with van der Waals surface area (Å²) in [6.45, 7) is 1.60. The van der Waals surface area contributed by atoms with Gasteiger partial charge in [0.15, 0.2) is 0 Å². The van der Waals surface area contributed by atoms with Gasteiger partial charge in [-0.15, -0.1) is 11.8 Å². The third kappa shape index (κ3) is 4.98. The Hall–Kier alpha value is -0.830. The second kappa shape index (κ2) is 6.62. The van der Waals surface area contributed by atoms with E-state index in [2.05, 4.69) is 0 Å². The van der Waals surface area contributed by atoms with Crippen LogP contribution in [0.2, 0.25) is 0 Å². The zero-order chi connectivity index (χ0) is 11.1. The van der Waals surface area contributed by atoms with Crippen molar-refractivity contribution in [1.29, 1.82) is 0 Å². The largest absolute Gasteiger partial charge is 0.300 e. The molecule has 0 aliphatic heterocycles. The SMILES string of the molecule is CC(=O)CCCCSc1ccccc1F. The quantitative estimate of drug-likeness (QED) is 0.543. The number of carbonyl (C=O) groups is 1. The molecule has 0 saturated carbocycles. The van der Waals surface area contributed by atoms with E-state index in [0.29, 0.717) is 11.3 Å². The molecule has 15 heavy (non-hydrogen) atoms. The molecule has 0 unspecified atom stereocenters. The van der Waals surface area contributed by atoms with Crippen LogP contribution < -0.4 is 0 Å². The van der Waals surface area contributed by atoms with E-state index in [4.69, 9.17) is 0 Å². The van der Waals surface area contributed by atoms with Crippen LogP contribution in [0.1, 0.15) is 26.2 Å². The highest BCUT2D eigenvalue weighted by molar-refractivity contribution is 7.99. The van der Waals surface area contributed by atoms with Crippen molar-refractivity contribution in [2.45, 2.75) is 31.1 Å². The number of rotatable bonds is 6. The van der Waals surface area contributed by atoms with Crippen LogP contribution in [0.4, 0.5) is 4.39 Å². The minimum atomic E-state index is -0.158. The van der Waals surface area contributed by atoms with Crippen LogP contribution in [0.15, 0.2) is 29.2 Å². The number of thioether (sulfide) groups is 1. The smallest absolute Gasteiger partial charge is 0.136 e. The number of benzene rings is 1. The molecule has 0 aliphatic rings. The summed E-state index contributed by atoms with van der Waals surface area (Å²) in [6.07, 6.45) is 2.49. The molecule has 1 aromatic carbocycles. The van der Waals surface area contributed by atoms with Gasteiger partial charge in [0.25, 0.3) is 0 Å². The highest BCUT2D eigenvalue weighted by Crippen LogP contribution is 2.22. The molecule has 0 fully saturated rings. The predicted octanol–water partition coefficient (Wildman–Crippen LogP) is 3.68. The zero-order valence-corrected chi connectivity index (χ0v) is 9.65. The van der Waals surface area contributed by atoms with Crippen molar-refractivity contribution in [3.63, 3.8) is 0 Å². The molecule has 0 saturated heterocycles. The van der Waals surface area contributed by atoms with Gasteiger partial charge in [0, 0.05) is 11.3 Å². The summed E-state index contributed by atoms with van der Waals surface area (Å²) >= 11 is 1.51. The van der Waals surface area contributed by atoms with Gasteiger partial charge in [-0.05, 0) is 37.7 Å². The topological polar surface area (TPSA) is 17.1 Å². The molecule has 0 heterocycles. The molecule has 0 spiro atoms. The van der Waals surface area contributed by atoms with Gasteiger partial charge in [0.05, 0.1) is 0 Å². The Morgan fingerprint density at radius 3 is 2.73 bits per heavy atom. The highest BCUT2D eigenvalue weighted by Gasteiger charge is 2.00. The zero-order valence-electron chi connectivity index (χ0n) is 8.83. The Balaban J connectivity index is 2.21. The van der Waals surface area contributed by atoms with E-state index in [1.807, 2.05) is 6.07 Å². The molecule has 82 valence electrons. The minimum Gasteiger partial charge on any atom is -0.300 e. The number of Topliss-reactive ketones (excluding diaryl/α,β-unsaturated/α-hetero) is 1. The monoisotopic (exact) mass is 226 g/mol. The summed E-state index contributed by atoms with van der Waals surface area (Å²) < 4.78 is 13.2. The van der Waals surface area contributed by atoms with Gasteiger partial charge in [-0.3, -0.25) is 0 Å². The molecular formula is C12H15FOS. The Labute approximate surface area is 94.1 Å². The van der Waals surface area contributed by atoms with Crippen LogP contribution in [0.3, 0.4) is 0 Å². The summed E-state index contributed by atoms with van der Waals surface area (Å²) in [5, 5.41) is 0. The fraction of sp³-hybridized carbons (Fsp3) is 0.417. The predicted molar refractivity (Wildman–Crippen MR) is 61.7 cm³/mol. The molecule has 0 radical (unpaired) electrons. The van der Waals surface area contributed by atoms with Crippen LogP contribution >= 0.6 is 11.8 Å². The number of ketones is 1. The molecule has 1 aromatic rings. The molecule has 0 N–H and O–H groups in total. The van der Waals surface area contributed by atoms with Crippen LogP contribution in [0.5, 0.6) is 0 Å². The van der Waals surface area contributed by atoms with Crippen molar-refractivity contribution in [3.8, 4) is 0 Å². The normalized spacial score (nSPS) is 10.3. The summed E-state index contributed by atoms with van der Waals surface area (Å²) in [7, 11) is 0. The van der Waals surface area contributed by atoms with Gasteiger partial charge in [-0.1, -0.05) is 12.1 Å². The first-order valence-electron chi connectivity index (χ1n) is 5.07. The van der Waals surface area contributed by atoms with Gasteiger partial charge < -0.3 is 4.79 Å². The molecule has 1 nitrogen and oxygen atoms in total. The van der Waals surface area contributed by atoms with Crippen molar-refractivity contribution in [2.75, 3.05) is 5.75 Å². The Morgan fingerprint density at radius 2 is 2.07 bits per heavy atom. The van der Waals surface area contributed by atoms with Crippen molar-refractivity contribution < 1.29 is 9.18 Å². The Bertz CT molecular complexity index is 325. The van der Waals surface area contributed by atoms with Crippen LogP contribution in [0, 0.1) is 5.82 Å². The summed E-state index contributed by atoms with van der Waals surface area (Å²) in [5.74, 6) is 0.939. The van der Waals surface area contributed by atoms with E-state index in [9.17, 15) is 9.18 Å². The van der Waals surface area contributed by atoms with E-state index in [1.54, 1.807) is 19.1 Å². The van der Waals surface area contributed by atoms with Gasteiger partial charge in [0.1, 0.15) is 11.6 Å². The lowest BCUT2D eigenvalue weighted by Crippen LogP contribution is -1.90. The number of unbranched alkanes of at least 4 members (excludes halogenated alkanes) is 1. The first-order chi connectivity index (χ1) is 7.20. The molecule has 0 aliphatic carbocycles.